The molecule has 0 radical (unpaired) electrons. The topological polar surface area (TPSA) is 121 Å². The number of benzene rings is 2. The lowest BCUT2D eigenvalue weighted by molar-refractivity contribution is 0.0846. The number of nitrogens with zero attached hydrogens (tertiary/aromatic N) is 3. The van der Waals surface area contributed by atoms with Crippen LogP contribution in [0.4, 0.5) is 0 Å². The van der Waals surface area contributed by atoms with Crippen LogP contribution < -0.4 is 10.9 Å². The molecule has 1 aromatic heterocycles. The largest absolute Gasteiger partial charge is 0.269 e. The highest BCUT2D eigenvalue weighted by Crippen LogP contribution is 2.18. The highest BCUT2D eigenvalue weighted by atomic mass is 32.2. The summed E-state index contributed by atoms with van der Waals surface area (Å²) in [6.07, 6.45) is 1.51. The number of aromatic nitrogens is 2. The lowest BCUT2D eigenvalue weighted by Crippen LogP contribution is -2.41. The Morgan fingerprint density at radius 1 is 0.794 bits per heavy atom. The van der Waals surface area contributed by atoms with Crippen LogP contribution in [0.5, 0.6) is 0 Å². The number of carbonyl (C=O) groups is 2. The molecule has 0 saturated carbocycles. The first-order valence-electron chi connectivity index (χ1n) is 11.3. The minimum Gasteiger partial charge on any atom is -0.267 e. The molecule has 1 heterocycles. The molecule has 0 aliphatic heterocycles. The van der Waals surface area contributed by atoms with Gasteiger partial charge < -0.3 is 0 Å². The maximum atomic E-state index is 12.7. The van der Waals surface area contributed by atoms with E-state index in [9.17, 15) is 18.0 Å². The molecule has 3 rings (SSSR count). The maximum Gasteiger partial charge on any atom is 0.269 e. The first-order chi connectivity index (χ1) is 16.2. The van der Waals surface area contributed by atoms with E-state index in [-0.39, 0.29) is 10.5 Å². The highest BCUT2D eigenvalue weighted by Gasteiger charge is 2.22. The fourth-order valence-corrected chi connectivity index (χ4v) is 5.11. The number of fused-ring (bicyclic) bond motifs is 1. The van der Waals surface area contributed by atoms with Gasteiger partial charge in [-0.15, -0.1) is 0 Å². The second-order valence-corrected chi connectivity index (χ2v) is 9.49. The Kier molecular flexibility index (Phi) is 7.95. The molecule has 180 valence electrons. The number of hydrogen-bond donors (Lipinski definition) is 2. The average molecular weight is 484 g/mol. The van der Waals surface area contributed by atoms with Gasteiger partial charge in [0.05, 0.1) is 27.3 Å². The second kappa shape index (κ2) is 10.7. The van der Waals surface area contributed by atoms with Crippen molar-refractivity contribution in [1.82, 2.24) is 25.1 Å². The Hall–Kier alpha value is -3.37. The third-order valence-electron chi connectivity index (χ3n) is 5.48. The number of nitrogens with one attached hydrogen (secondary N) is 2. The molecule has 2 N–H and O–H groups in total. The molecule has 2 amide bonds. The van der Waals surface area contributed by atoms with Crippen molar-refractivity contribution in [2.75, 3.05) is 13.1 Å². The molecule has 34 heavy (non-hydrogen) atoms. The van der Waals surface area contributed by atoms with Crippen LogP contribution in [-0.4, -0.2) is 47.6 Å². The molecule has 0 bridgehead atoms. The summed E-state index contributed by atoms with van der Waals surface area (Å²) in [5.74, 6) is -1.16. The van der Waals surface area contributed by atoms with Crippen LogP contribution in [0.25, 0.3) is 11.0 Å². The summed E-state index contributed by atoms with van der Waals surface area (Å²) in [5.41, 5.74) is 8.25. The zero-order valence-corrected chi connectivity index (χ0v) is 20.6. The van der Waals surface area contributed by atoms with E-state index in [1.165, 1.54) is 28.6 Å². The van der Waals surface area contributed by atoms with E-state index in [1.807, 2.05) is 13.8 Å². The van der Waals surface area contributed by atoms with E-state index in [0.29, 0.717) is 29.7 Å². The van der Waals surface area contributed by atoms with Crippen molar-refractivity contribution in [3.05, 3.63) is 65.0 Å². The van der Waals surface area contributed by atoms with Gasteiger partial charge in [0.25, 0.3) is 11.8 Å². The monoisotopic (exact) mass is 483 g/mol. The number of rotatable bonds is 8. The van der Waals surface area contributed by atoms with Gasteiger partial charge in [0.1, 0.15) is 0 Å². The molecule has 3 aromatic rings. The summed E-state index contributed by atoms with van der Waals surface area (Å²) in [5, 5.41) is 0. The fraction of sp³-hybridized carbons (Fsp3) is 0.333. The Balaban J connectivity index is 1.75. The molecule has 0 atom stereocenters. The van der Waals surface area contributed by atoms with Gasteiger partial charge in [-0.2, -0.15) is 4.31 Å². The quantitative estimate of drug-likeness (QED) is 0.475. The van der Waals surface area contributed by atoms with Gasteiger partial charge in [-0.25, -0.2) is 18.4 Å². The smallest absolute Gasteiger partial charge is 0.267 e. The third kappa shape index (κ3) is 5.23. The summed E-state index contributed by atoms with van der Waals surface area (Å²) >= 11 is 0. The molecule has 2 aromatic carbocycles. The predicted octanol–water partition coefficient (Wildman–Crippen LogP) is 2.86. The van der Waals surface area contributed by atoms with E-state index < -0.39 is 21.8 Å². The number of aryl methyl sites for hydroxylation is 2. The van der Waals surface area contributed by atoms with Crippen molar-refractivity contribution >= 4 is 32.9 Å². The Bertz CT molecular complexity index is 1320. The van der Waals surface area contributed by atoms with E-state index in [4.69, 9.17) is 0 Å². The molecule has 9 nitrogen and oxygen atoms in total. The summed E-state index contributed by atoms with van der Waals surface area (Å²) in [6, 6.07) is 10.7. The van der Waals surface area contributed by atoms with Crippen LogP contribution in [-0.2, 0) is 22.9 Å². The van der Waals surface area contributed by atoms with Crippen molar-refractivity contribution < 1.29 is 18.0 Å². The standard InChI is InChI=1S/C24H29N5O4S/c1-5-19-20(6-2)26-22-15-17(12-13-21(22)25-19)24(31)28-27-23(30)16-10-9-11-18(14-16)34(32,33)29(7-3)8-4/h9-15H,5-8H2,1-4H3,(H,27,30)(H,28,31). The number of hydrogen-bond acceptors (Lipinski definition) is 6. The molecular formula is C24H29N5O4S. The summed E-state index contributed by atoms with van der Waals surface area (Å²) in [6.45, 7) is 8.16. The highest BCUT2D eigenvalue weighted by molar-refractivity contribution is 7.89. The summed E-state index contributed by atoms with van der Waals surface area (Å²) < 4.78 is 26.8. The molecule has 0 aliphatic carbocycles. The number of amides is 2. The van der Waals surface area contributed by atoms with Gasteiger partial charge in [0.15, 0.2) is 0 Å². The van der Waals surface area contributed by atoms with E-state index in [1.54, 1.807) is 32.0 Å². The number of hydrazine groups is 1. The number of carbonyl (C=O) groups excluding carboxylic acids is 2. The Morgan fingerprint density at radius 3 is 1.91 bits per heavy atom. The molecule has 0 fully saturated rings. The van der Waals surface area contributed by atoms with Crippen LogP contribution in [0.15, 0.2) is 47.4 Å². The van der Waals surface area contributed by atoms with Crippen LogP contribution >= 0.6 is 0 Å². The SMILES string of the molecule is CCc1nc2ccc(C(=O)NNC(=O)c3cccc(S(=O)(=O)N(CC)CC)c3)cc2nc1CC. The van der Waals surface area contributed by atoms with Gasteiger partial charge in [-0.1, -0.05) is 33.8 Å². The first kappa shape index (κ1) is 25.3. The fourth-order valence-electron chi connectivity index (χ4n) is 3.60. The molecular weight excluding hydrogens is 454 g/mol. The second-order valence-electron chi connectivity index (χ2n) is 7.55. The van der Waals surface area contributed by atoms with Gasteiger partial charge >= 0.3 is 0 Å². The van der Waals surface area contributed by atoms with Crippen LogP contribution in [0.3, 0.4) is 0 Å². The van der Waals surface area contributed by atoms with Crippen molar-refractivity contribution in [1.29, 1.82) is 0 Å². The van der Waals surface area contributed by atoms with Gasteiger partial charge in [-0.3, -0.25) is 20.4 Å². The molecule has 10 heteroatoms. The summed E-state index contributed by atoms with van der Waals surface area (Å²) in [7, 11) is -3.71. The predicted molar refractivity (Wildman–Crippen MR) is 130 cm³/mol. The zero-order valence-electron chi connectivity index (χ0n) is 19.8. The maximum absolute atomic E-state index is 12.7. The molecule has 0 spiro atoms. The zero-order chi connectivity index (χ0) is 24.9. The van der Waals surface area contributed by atoms with Crippen LogP contribution in [0, 0.1) is 0 Å². The van der Waals surface area contributed by atoms with E-state index >= 15 is 0 Å². The van der Waals surface area contributed by atoms with Gasteiger partial charge in [0.2, 0.25) is 10.0 Å². The molecule has 0 unspecified atom stereocenters. The lowest BCUT2D eigenvalue weighted by Gasteiger charge is -2.18. The average Bonchev–Trinajstić information content (AvgIpc) is 2.86. The Labute approximate surface area is 199 Å². The van der Waals surface area contributed by atoms with Crippen molar-refractivity contribution in [2.45, 2.75) is 45.4 Å². The third-order valence-corrected chi connectivity index (χ3v) is 7.53. The van der Waals surface area contributed by atoms with E-state index in [0.717, 1.165) is 24.2 Å². The first-order valence-corrected chi connectivity index (χ1v) is 12.7. The summed E-state index contributed by atoms with van der Waals surface area (Å²) in [4.78, 5) is 34.4. The van der Waals surface area contributed by atoms with Gasteiger partial charge in [0, 0.05) is 24.2 Å². The van der Waals surface area contributed by atoms with Crippen molar-refractivity contribution in [2.24, 2.45) is 0 Å². The van der Waals surface area contributed by atoms with Crippen molar-refractivity contribution in [3.63, 3.8) is 0 Å². The van der Waals surface area contributed by atoms with Gasteiger partial charge in [-0.05, 0) is 49.2 Å². The molecule has 0 aliphatic rings. The normalized spacial score (nSPS) is 11.6. The lowest BCUT2D eigenvalue weighted by atomic mass is 10.1. The molecule has 0 saturated heterocycles. The van der Waals surface area contributed by atoms with Crippen LogP contribution in [0.1, 0.15) is 59.8 Å². The Morgan fingerprint density at radius 2 is 1.35 bits per heavy atom. The number of sulfonamides is 1. The van der Waals surface area contributed by atoms with Crippen LogP contribution in [0.2, 0.25) is 0 Å². The van der Waals surface area contributed by atoms with Crippen molar-refractivity contribution in [3.8, 4) is 0 Å². The van der Waals surface area contributed by atoms with E-state index in [2.05, 4.69) is 20.8 Å². The minimum atomic E-state index is -3.71. The minimum absolute atomic E-state index is 0.0152.